The third-order valence-corrected chi connectivity index (χ3v) is 7.26. The molecule has 4 heterocycles. The average Bonchev–Trinajstić information content (AvgIpc) is 3.49. The van der Waals surface area contributed by atoms with Crippen molar-refractivity contribution >= 4 is 11.8 Å². The van der Waals surface area contributed by atoms with Crippen LogP contribution < -0.4 is 15.0 Å². The van der Waals surface area contributed by atoms with E-state index in [1.54, 1.807) is 37.4 Å². The largest absolute Gasteiger partial charge is 0.480 e. The minimum atomic E-state index is -4.67. The van der Waals surface area contributed by atoms with Gasteiger partial charge in [-0.15, -0.1) is 0 Å². The second-order valence-corrected chi connectivity index (χ2v) is 9.81. The maximum Gasteiger partial charge on any atom is 0.429 e. The summed E-state index contributed by atoms with van der Waals surface area (Å²) in [6.07, 6.45) is -1.68. The summed E-state index contributed by atoms with van der Waals surface area (Å²) in [6, 6.07) is 10.3. The molecule has 3 aromatic rings. The number of aryl methyl sites for hydroxylation is 1. The summed E-state index contributed by atoms with van der Waals surface area (Å²) in [5, 5.41) is 16.7. The molecule has 1 aromatic carbocycles. The van der Waals surface area contributed by atoms with E-state index in [1.165, 1.54) is 29.1 Å². The molecular formula is C26H28F3N5O3. The Hall–Kier alpha value is -3.60. The van der Waals surface area contributed by atoms with Gasteiger partial charge in [-0.2, -0.15) is 18.3 Å². The van der Waals surface area contributed by atoms with E-state index >= 15 is 0 Å². The van der Waals surface area contributed by atoms with Gasteiger partial charge >= 0.3 is 12.1 Å². The van der Waals surface area contributed by atoms with Gasteiger partial charge in [0.05, 0.1) is 11.4 Å². The number of aliphatic carboxylic acids is 1. The number of halogens is 3. The van der Waals surface area contributed by atoms with E-state index in [1.807, 2.05) is 4.90 Å². The van der Waals surface area contributed by atoms with Crippen molar-refractivity contribution in [2.24, 2.45) is 5.41 Å². The summed E-state index contributed by atoms with van der Waals surface area (Å²) in [4.78, 5) is 17.7. The molecule has 5 rings (SSSR count). The van der Waals surface area contributed by atoms with Crippen LogP contribution in [-0.2, 0) is 4.79 Å². The number of rotatable bonds is 6. The number of ether oxygens (including phenoxy) is 1. The van der Waals surface area contributed by atoms with E-state index in [2.05, 4.69) is 15.4 Å². The number of anilines is 1. The number of pyridine rings is 1. The molecule has 2 aromatic heterocycles. The van der Waals surface area contributed by atoms with Crippen molar-refractivity contribution in [3.05, 3.63) is 66.1 Å². The van der Waals surface area contributed by atoms with Crippen LogP contribution in [0, 0.1) is 12.3 Å². The lowest BCUT2D eigenvalue weighted by Crippen LogP contribution is -2.41. The van der Waals surface area contributed by atoms with Crippen LogP contribution >= 0.6 is 0 Å². The number of carboxylic acids is 1. The van der Waals surface area contributed by atoms with Crippen LogP contribution in [0.2, 0.25) is 0 Å². The van der Waals surface area contributed by atoms with E-state index in [-0.39, 0.29) is 16.7 Å². The number of aromatic nitrogens is 3. The third kappa shape index (κ3) is 5.27. The molecule has 2 saturated heterocycles. The number of carbonyl (C=O) groups is 1. The number of hydrogen-bond donors (Lipinski definition) is 2. The van der Waals surface area contributed by atoms with Gasteiger partial charge in [0.2, 0.25) is 6.10 Å². The predicted molar refractivity (Wildman–Crippen MR) is 130 cm³/mol. The fourth-order valence-electron chi connectivity index (χ4n) is 5.24. The van der Waals surface area contributed by atoms with Gasteiger partial charge in [0.25, 0.3) is 0 Å². The maximum absolute atomic E-state index is 14.3. The Morgan fingerprint density at radius 3 is 2.62 bits per heavy atom. The third-order valence-electron chi connectivity index (χ3n) is 7.26. The molecule has 2 aliphatic heterocycles. The standard InChI is InChI=1S/C26H28F3N5O3/c1-17-7-11-34(32-17)21-5-3-2-4-19(21)23(26(27,28)29)37-18-6-10-30-22(14-18)33-12-8-25(9-13-33)15-20(24(35)36)31-16-25/h2-7,10-11,14,20,23,31H,8-9,12-13,15-16H2,1H3,(H,35,36)/t20-,23+/m0/s1. The normalized spacial score (nSPS) is 20.2. The number of nitrogens with one attached hydrogen (secondary N) is 1. The van der Waals surface area contributed by atoms with Gasteiger partial charge in [0, 0.05) is 43.7 Å². The number of alkyl halides is 3. The molecule has 196 valence electrons. The van der Waals surface area contributed by atoms with Crippen molar-refractivity contribution in [2.75, 3.05) is 24.5 Å². The second-order valence-electron chi connectivity index (χ2n) is 9.81. The molecule has 0 radical (unpaired) electrons. The van der Waals surface area contributed by atoms with Crippen LogP contribution in [0.15, 0.2) is 54.9 Å². The molecule has 11 heteroatoms. The van der Waals surface area contributed by atoms with Crippen molar-refractivity contribution < 1.29 is 27.8 Å². The molecular weight excluding hydrogens is 487 g/mol. The summed E-state index contributed by atoms with van der Waals surface area (Å²) in [7, 11) is 0. The fraction of sp³-hybridized carbons (Fsp3) is 0.423. The first-order chi connectivity index (χ1) is 17.6. The summed E-state index contributed by atoms with van der Waals surface area (Å²) in [6.45, 7) is 3.69. The average molecular weight is 516 g/mol. The zero-order valence-corrected chi connectivity index (χ0v) is 20.3. The number of carboxylic acid groups (broad SMARTS) is 1. The van der Waals surface area contributed by atoms with Gasteiger partial charge in [-0.05, 0) is 49.8 Å². The van der Waals surface area contributed by atoms with E-state index in [4.69, 9.17) is 4.74 Å². The van der Waals surface area contributed by atoms with E-state index in [0.29, 0.717) is 43.3 Å². The molecule has 2 atom stereocenters. The zero-order valence-electron chi connectivity index (χ0n) is 20.3. The van der Waals surface area contributed by atoms with Gasteiger partial charge in [0.1, 0.15) is 17.6 Å². The van der Waals surface area contributed by atoms with Gasteiger partial charge in [-0.3, -0.25) is 4.79 Å². The highest BCUT2D eigenvalue weighted by atomic mass is 19.4. The topological polar surface area (TPSA) is 92.5 Å². The highest BCUT2D eigenvalue weighted by molar-refractivity contribution is 5.74. The first-order valence-electron chi connectivity index (χ1n) is 12.2. The molecule has 2 fully saturated rings. The molecule has 0 amide bonds. The molecule has 37 heavy (non-hydrogen) atoms. The highest BCUT2D eigenvalue weighted by Crippen LogP contribution is 2.42. The lowest BCUT2D eigenvalue weighted by molar-refractivity contribution is -0.198. The van der Waals surface area contributed by atoms with Crippen LogP contribution in [0.3, 0.4) is 0 Å². The van der Waals surface area contributed by atoms with Crippen molar-refractivity contribution in [1.82, 2.24) is 20.1 Å². The number of nitrogens with zero attached hydrogens (tertiary/aromatic N) is 4. The van der Waals surface area contributed by atoms with E-state index in [9.17, 15) is 23.1 Å². The Balaban J connectivity index is 1.35. The summed E-state index contributed by atoms with van der Waals surface area (Å²) in [5.41, 5.74) is 0.855. The van der Waals surface area contributed by atoms with Crippen molar-refractivity contribution in [3.8, 4) is 11.4 Å². The Morgan fingerprint density at radius 2 is 1.97 bits per heavy atom. The molecule has 0 aliphatic carbocycles. The first kappa shape index (κ1) is 25.1. The monoisotopic (exact) mass is 515 g/mol. The summed E-state index contributed by atoms with van der Waals surface area (Å²) in [5.74, 6) is -0.244. The molecule has 1 spiro atoms. The zero-order chi connectivity index (χ0) is 26.2. The Bertz CT molecular complexity index is 1270. The predicted octanol–water partition coefficient (Wildman–Crippen LogP) is 4.29. The van der Waals surface area contributed by atoms with E-state index < -0.39 is 24.3 Å². The molecule has 8 nitrogen and oxygen atoms in total. The minimum Gasteiger partial charge on any atom is -0.480 e. The van der Waals surface area contributed by atoms with Gasteiger partial charge in [-0.1, -0.05) is 18.2 Å². The maximum atomic E-state index is 14.3. The fourth-order valence-corrected chi connectivity index (χ4v) is 5.24. The molecule has 2 N–H and O–H groups in total. The van der Waals surface area contributed by atoms with Crippen LogP contribution in [0.4, 0.5) is 19.0 Å². The van der Waals surface area contributed by atoms with Crippen LogP contribution in [0.5, 0.6) is 5.75 Å². The number of para-hydroxylation sites is 1. The van der Waals surface area contributed by atoms with E-state index in [0.717, 1.165) is 12.8 Å². The van der Waals surface area contributed by atoms with Gasteiger partial charge < -0.3 is 20.1 Å². The summed E-state index contributed by atoms with van der Waals surface area (Å²) < 4.78 is 49.8. The van der Waals surface area contributed by atoms with Crippen molar-refractivity contribution in [1.29, 1.82) is 0 Å². The quantitative estimate of drug-likeness (QED) is 0.506. The number of piperidine rings is 1. The second kappa shape index (κ2) is 9.70. The molecule has 2 aliphatic rings. The first-order valence-corrected chi connectivity index (χ1v) is 12.2. The van der Waals surface area contributed by atoms with Gasteiger partial charge in [0.15, 0.2) is 0 Å². The molecule has 0 bridgehead atoms. The van der Waals surface area contributed by atoms with Crippen molar-refractivity contribution in [3.63, 3.8) is 0 Å². The minimum absolute atomic E-state index is 0.0434. The number of hydrogen-bond acceptors (Lipinski definition) is 6. The highest BCUT2D eigenvalue weighted by Gasteiger charge is 2.45. The Morgan fingerprint density at radius 1 is 1.22 bits per heavy atom. The molecule has 0 saturated carbocycles. The number of benzene rings is 1. The van der Waals surface area contributed by atoms with Crippen LogP contribution in [0.1, 0.15) is 36.6 Å². The Labute approximate surface area is 212 Å². The lowest BCUT2D eigenvalue weighted by atomic mass is 9.76. The van der Waals surface area contributed by atoms with Crippen LogP contribution in [-0.4, -0.2) is 57.7 Å². The summed E-state index contributed by atoms with van der Waals surface area (Å²) >= 11 is 0. The SMILES string of the molecule is Cc1ccn(-c2ccccc2[C@@H](Oc2ccnc(N3CCC4(CC3)CN[C@H](C(=O)O)C4)c2)C(F)(F)F)n1. The van der Waals surface area contributed by atoms with Crippen LogP contribution in [0.25, 0.3) is 5.69 Å². The van der Waals surface area contributed by atoms with Crippen molar-refractivity contribution in [2.45, 2.75) is 44.5 Å². The Kier molecular flexibility index (Phi) is 6.57. The lowest BCUT2D eigenvalue weighted by Gasteiger charge is -2.39. The van der Waals surface area contributed by atoms with Gasteiger partial charge in [-0.25, -0.2) is 9.67 Å². The smallest absolute Gasteiger partial charge is 0.429 e. The molecule has 0 unspecified atom stereocenters.